The summed E-state index contributed by atoms with van der Waals surface area (Å²) in [7, 11) is 0. The van der Waals surface area contributed by atoms with Crippen LogP contribution >= 0.6 is 0 Å². The molecule has 0 aliphatic rings. The molecule has 0 atom stereocenters. The van der Waals surface area contributed by atoms with Crippen molar-refractivity contribution in [2.45, 2.75) is 27.7 Å². The smallest absolute Gasteiger partial charge is 0.266 e. The lowest BCUT2D eigenvalue weighted by Gasteiger charge is -2.06. The quantitative estimate of drug-likeness (QED) is 0.599. The van der Waals surface area contributed by atoms with E-state index in [2.05, 4.69) is 10.2 Å². The van der Waals surface area contributed by atoms with E-state index in [1.54, 1.807) is 64.1 Å². The second-order valence-electron chi connectivity index (χ2n) is 7.30. The van der Waals surface area contributed by atoms with Gasteiger partial charge in [-0.05, 0) is 62.1 Å². The number of aryl methyl sites for hydroxylation is 4. The Morgan fingerprint density at radius 1 is 0.719 bits per heavy atom. The third-order valence-corrected chi connectivity index (χ3v) is 4.92. The largest absolute Gasteiger partial charge is 0.289 e. The Morgan fingerprint density at radius 3 is 1.38 bits per heavy atom. The van der Waals surface area contributed by atoms with E-state index in [9.17, 15) is 20.1 Å². The Morgan fingerprint density at radius 2 is 1.06 bits per heavy atom. The number of nitriles is 2. The van der Waals surface area contributed by atoms with Crippen molar-refractivity contribution in [3.05, 3.63) is 102 Å². The van der Waals surface area contributed by atoms with Gasteiger partial charge in [0.15, 0.2) is 0 Å². The van der Waals surface area contributed by atoms with Crippen molar-refractivity contribution in [3.8, 4) is 12.1 Å². The molecule has 0 spiro atoms. The van der Waals surface area contributed by atoms with Crippen molar-refractivity contribution in [2.75, 3.05) is 0 Å². The Balaban J connectivity index is 1.87. The van der Waals surface area contributed by atoms with Crippen LogP contribution in [0.3, 0.4) is 0 Å². The fourth-order valence-corrected chi connectivity index (χ4v) is 3.24. The number of nitrogens with zero attached hydrogens (tertiary/aromatic N) is 6. The summed E-state index contributed by atoms with van der Waals surface area (Å²) in [5, 5.41) is 26.8. The van der Waals surface area contributed by atoms with E-state index >= 15 is 0 Å². The first-order valence-electron chi connectivity index (χ1n) is 9.72. The highest BCUT2D eigenvalue weighted by molar-refractivity contribution is 5.84. The molecule has 0 saturated heterocycles. The summed E-state index contributed by atoms with van der Waals surface area (Å²) in [6.45, 7) is 6.93. The molecule has 0 N–H and O–H groups in total. The second-order valence-corrected chi connectivity index (χ2v) is 7.30. The summed E-state index contributed by atoms with van der Waals surface area (Å²) >= 11 is 0. The van der Waals surface area contributed by atoms with Gasteiger partial charge in [-0.2, -0.15) is 20.7 Å². The van der Waals surface area contributed by atoms with Crippen molar-refractivity contribution >= 4 is 12.4 Å². The monoisotopic (exact) mass is 424 g/mol. The summed E-state index contributed by atoms with van der Waals surface area (Å²) in [5.41, 5.74) is 3.20. The van der Waals surface area contributed by atoms with E-state index < -0.39 is 11.1 Å². The van der Waals surface area contributed by atoms with E-state index in [0.29, 0.717) is 22.5 Å². The molecule has 0 amide bonds. The van der Waals surface area contributed by atoms with Crippen LogP contribution < -0.4 is 11.1 Å². The van der Waals surface area contributed by atoms with Crippen LogP contribution in [0.25, 0.3) is 0 Å². The van der Waals surface area contributed by atoms with Gasteiger partial charge in [-0.25, -0.2) is 9.35 Å². The molecule has 0 radical (unpaired) electrons. The predicted molar refractivity (Wildman–Crippen MR) is 122 cm³/mol. The lowest BCUT2D eigenvalue weighted by atomic mass is 10.1. The highest BCUT2D eigenvalue weighted by atomic mass is 16.1. The van der Waals surface area contributed by atoms with Gasteiger partial charge < -0.3 is 0 Å². The fraction of sp³-hybridized carbons (Fsp3) is 0.167. The van der Waals surface area contributed by atoms with Gasteiger partial charge in [0.1, 0.15) is 23.3 Å². The highest BCUT2D eigenvalue weighted by Gasteiger charge is 2.10. The summed E-state index contributed by atoms with van der Waals surface area (Å²) in [4.78, 5) is 24.8. The Bertz CT molecular complexity index is 1350. The predicted octanol–water partition coefficient (Wildman–Crippen LogP) is 2.75. The van der Waals surface area contributed by atoms with Gasteiger partial charge in [0.25, 0.3) is 11.1 Å². The normalized spacial score (nSPS) is 11.1. The Labute approximate surface area is 184 Å². The maximum atomic E-state index is 12.4. The minimum atomic E-state index is -0.458. The molecular formula is C24H20N6O2. The molecule has 0 fully saturated rings. The number of hydrogen-bond donors (Lipinski definition) is 0. The van der Waals surface area contributed by atoms with Crippen molar-refractivity contribution in [1.29, 1.82) is 10.5 Å². The Kier molecular flexibility index (Phi) is 6.27. The molecule has 3 aromatic rings. The van der Waals surface area contributed by atoms with Crippen molar-refractivity contribution in [1.82, 2.24) is 9.35 Å². The molecule has 1 aromatic carbocycles. The minimum absolute atomic E-state index is 0.0699. The summed E-state index contributed by atoms with van der Waals surface area (Å²) in [5.74, 6) is 0. The van der Waals surface area contributed by atoms with Crippen LogP contribution in [0.2, 0.25) is 0 Å². The van der Waals surface area contributed by atoms with E-state index in [1.165, 1.54) is 21.8 Å². The molecule has 32 heavy (non-hydrogen) atoms. The third kappa shape index (κ3) is 4.30. The topological polar surface area (TPSA) is 116 Å². The molecular weight excluding hydrogens is 404 g/mol. The zero-order valence-electron chi connectivity index (χ0n) is 18.1. The molecule has 2 heterocycles. The van der Waals surface area contributed by atoms with Gasteiger partial charge >= 0.3 is 0 Å². The highest BCUT2D eigenvalue weighted by Crippen LogP contribution is 2.07. The molecule has 158 valence electrons. The van der Waals surface area contributed by atoms with Crippen LogP contribution in [-0.2, 0) is 0 Å². The van der Waals surface area contributed by atoms with Crippen LogP contribution in [0.4, 0.5) is 0 Å². The van der Waals surface area contributed by atoms with Gasteiger partial charge in [-0.15, -0.1) is 0 Å². The molecule has 0 unspecified atom stereocenters. The molecule has 0 saturated carbocycles. The van der Waals surface area contributed by atoms with Gasteiger partial charge in [0, 0.05) is 11.4 Å². The first-order valence-corrected chi connectivity index (χ1v) is 9.72. The van der Waals surface area contributed by atoms with E-state index in [-0.39, 0.29) is 11.1 Å². The number of hydrogen-bond acceptors (Lipinski definition) is 6. The van der Waals surface area contributed by atoms with Gasteiger partial charge in [0.2, 0.25) is 0 Å². The zero-order chi connectivity index (χ0) is 23.4. The molecule has 3 rings (SSSR count). The average Bonchev–Trinajstić information content (AvgIpc) is 2.74. The van der Waals surface area contributed by atoms with E-state index in [0.717, 1.165) is 11.1 Å². The van der Waals surface area contributed by atoms with Crippen molar-refractivity contribution in [2.24, 2.45) is 10.2 Å². The maximum Gasteiger partial charge on any atom is 0.289 e. The number of pyridine rings is 2. The van der Waals surface area contributed by atoms with E-state index in [4.69, 9.17) is 0 Å². The molecule has 2 aromatic heterocycles. The summed E-state index contributed by atoms with van der Waals surface area (Å²) in [6.07, 6.45) is 3.05. The molecule has 0 bridgehead atoms. The van der Waals surface area contributed by atoms with Gasteiger partial charge in [-0.1, -0.05) is 24.3 Å². The van der Waals surface area contributed by atoms with Crippen LogP contribution in [0.5, 0.6) is 0 Å². The lowest BCUT2D eigenvalue weighted by molar-refractivity contribution is 0.786. The number of aromatic nitrogens is 2. The van der Waals surface area contributed by atoms with Crippen LogP contribution in [0.1, 0.15) is 44.8 Å². The minimum Gasteiger partial charge on any atom is -0.266 e. The molecule has 8 nitrogen and oxygen atoms in total. The van der Waals surface area contributed by atoms with Gasteiger partial charge in [-0.3, -0.25) is 9.59 Å². The summed E-state index contributed by atoms with van der Waals surface area (Å²) in [6, 6.07) is 14.5. The van der Waals surface area contributed by atoms with E-state index in [1.807, 2.05) is 12.1 Å². The first kappa shape index (κ1) is 22.1. The number of rotatable bonds is 4. The third-order valence-electron chi connectivity index (χ3n) is 4.92. The van der Waals surface area contributed by atoms with Crippen molar-refractivity contribution in [3.63, 3.8) is 0 Å². The molecule has 0 aliphatic carbocycles. The SMILES string of the molecule is Cc1cc(C)n(/N=C/c2ccc(/C=N/n3c(C)cc(C)c(C#N)c3=O)cc2)c(=O)c1C#N. The average molecular weight is 424 g/mol. The summed E-state index contributed by atoms with van der Waals surface area (Å²) < 4.78 is 2.39. The van der Waals surface area contributed by atoms with Crippen molar-refractivity contribution < 1.29 is 0 Å². The Hall–Kier alpha value is -4.56. The number of benzene rings is 1. The van der Waals surface area contributed by atoms with Crippen LogP contribution in [0, 0.1) is 50.4 Å². The standard InChI is InChI=1S/C24H20N6O2/c1-15-9-17(3)29(23(31)21(15)11-25)27-13-19-5-7-20(8-6-19)14-28-30-18(4)10-16(2)22(12-26)24(30)32/h5-10,13-14H,1-4H3/b27-13+,28-14+. The zero-order valence-corrected chi connectivity index (χ0v) is 18.1. The second kappa shape index (κ2) is 9.07. The van der Waals surface area contributed by atoms with Gasteiger partial charge in [0.05, 0.1) is 12.4 Å². The molecule has 8 heteroatoms. The molecule has 0 aliphatic heterocycles. The van der Waals surface area contributed by atoms with Crippen LogP contribution in [0.15, 0.2) is 56.2 Å². The van der Waals surface area contributed by atoms with Crippen LogP contribution in [-0.4, -0.2) is 21.8 Å². The first-order chi connectivity index (χ1) is 15.3. The fourth-order valence-electron chi connectivity index (χ4n) is 3.24. The lowest BCUT2D eigenvalue weighted by Crippen LogP contribution is -2.22. The maximum absolute atomic E-state index is 12.4.